The lowest BCUT2D eigenvalue weighted by molar-refractivity contribution is -0.143. The first-order chi connectivity index (χ1) is 13.5. The van der Waals surface area contributed by atoms with Gasteiger partial charge in [-0.15, -0.1) is 0 Å². The van der Waals surface area contributed by atoms with Crippen molar-refractivity contribution >= 4 is 15.9 Å². The fourth-order valence-corrected chi connectivity index (χ4v) is 4.67. The molecule has 1 aromatic rings. The van der Waals surface area contributed by atoms with Gasteiger partial charge < -0.3 is 5.32 Å². The number of benzene rings is 1. The van der Waals surface area contributed by atoms with Crippen LogP contribution in [0.15, 0.2) is 29.2 Å². The molecule has 1 N–H and O–H groups in total. The van der Waals surface area contributed by atoms with Crippen LogP contribution in [0.4, 0.5) is 17.6 Å². The molecule has 1 aliphatic rings. The first-order valence-electron chi connectivity index (χ1n) is 9.28. The number of carbonyl (C=O) groups excluding carboxylic acids is 1. The summed E-state index contributed by atoms with van der Waals surface area (Å²) in [6.07, 6.45) is -3.17. The maximum absolute atomic E-state index is 13.0. The standard InChI is InChI=1S/C18H25F4N3O3S/c1-24(13-18(20,21)22)10-2-9-23-17(26)14-7-11-25(12-8-14)29(27,28)16-5-3-15(19)4-6-16/h3-6,14H,2,7-13H2,1H3,(H,23,26). The predicted molar refractivity (Wildman–Crippen MR) is 99.1 cm³/mol. The molecule has 11 heteroatoms. The van der Waals surface area contributed by atoms with Crippen molar-refractivity contribution in [2.75, 3.05) is 39.8 Å². The fourth-order valence-electron chi connectivity index (χ4n) is 3.20. The smallest absolute Gasteiger partial charge is 0.356 e. The number of nitrogens with one attached hydrogen (secondary N) is 1. The second-order valence-electron chi connectivity index (χ2n) is 7.13. The highest BCUT2D eigenvalue weighted by molar-refractivity contribution is 7.89. The van der Waals surface area contributed by atoms with E-state index < -0.39 is 28.6 Å². The molecule has 6 nitrogen and oxygen atoms in total. The molecule has 1 heterocycles. The van der Waals surface area contributed by atoms with Crippen LogP contribution in [0.2, 0.25) is 0 Å². The second kappa shape index (κ2) is 9.86. The molecule has 2 rings (SSSR count). The van der Waals surface area contributed by atoms with E-state index in [1.165, 1.54) is 23.5 Å². The average molecular weight is 439 g/mol. The van der Waals surface area contributed by atoms with Gasteiger partial charge in [0, 0.05) is 25.6 Å². The van der Waals surface area contributed by atoms with Gasteiger partial charge in [-0.05, 0) is 57.1 Å². The minimum Gasteiger partial charge on any atom is -0.356 e. The summed E-state index contributed by atoms with van der Waals surface area (Å²) in [6.45, 7) is -0.191. The number of carbonyl (C=O) groups is 1. The van der Waals surface area contributed by atoms with E-state index in [1.807, 2.05) is 0 Å². The Morgan fingerprint density at radius 3 is 2.34 bits per heavy atom. The van der Waals surface area contributed by atoms with Gasteiger partial charge in [0.2, 0.25) is 15.9 Å². The van der Waals surface area contributed by atoms with Crippen molar-refractivity contribution in [1.82, 2.24) is 14.5 Å². The van der Waals surface area contributed by atoms with Crippen LogP contribution in [-0.4, -0.2) is 69.5 Å². The van der Waals surface area contributed by atoms with Crippen LogP contribution in [0.1, 0.15) is 19.3 Å². The maximum atomic E-state index is 13.0. The summed E-state index contributed by atoms with van der Waals surface area (Å²) in [5.41, 5.74) is 0. The van der Waals surface area contributed by atoms with Crippen LogP contribution in [0.25, 0.3) is 0 Å². The Morgan fingerprint density at radius 1 is 1.21 bits per heavy atom. The molecule has 1 amide bonds. The van der Waals surface area contributed by atoms with Gasteiger partial charge in [0.25, 0.3) is 0 Å². The van der Waals surface area contributed by atoms with E-state index in [0.29, 0.717) is 19.3 Å². The van der Waals surface area contributed by atoms with E-state index >= 15 is 0 Å². The highest BCUT2D eigenvalue weighted by Crippen LogP contribution is 2.24. The van der Waals surface area contributed by atoms with Crippen molar-refractivity contribution in [2.24, 2.45) is 5.92 Å². The molecule has 0 unspecified atom stereocenters. The second-order valence-corrected chi connectivity index (χ2v) is 9.07. The average Bonchev–Trinajstić information content (AvgIpc) is 2.64. The predicted octanol–water partition coefficient (Wildman–Crippen LogP) is 2.23. The summed E-state index contributed by atoms with van der Waals surface area (Å²) in [6, 6.07) is 4.58. The molecule has 0 spiro atoms. The van der Waals surface area contributed by atoms with Gasteiger partial charge in [-0.1, -0.05) is 0 Å². The van der Waals surface area contributed by atoms with Crippen molar-refractivity contribution in [1.29, 1.82) is 0 Å². The van der Waals surface area contributed by atoms with Crippen molar-refractivity contribution in [3.8, 4) is 0 Å². The number of piperidine rings is 1. The molecule has 0 aliphatic carbocycles. The number of alkyl halides is 3. The Balaban J connectivity index is 1.74. The van der Waals surface area contributed by atoms with Crippen LogP contribution in [0, 0.1) is 11.7 Å². The van der Waals surface area contributed by atoms with E-state index in [4.69, 9.17) is 0 Å². The normalized spacial score (nSPS) is 16.9. The summed E-state index contributed by atoms with van der Waals surface area (Å²) >= 11 is 0. The summed E-state index contributed by atoms with van der Waals surface area (Å²) in [5.74, 6) is -1.09. The van der Waals surface area contributed by atoms with Crippen LogP contribution in [0.5, 0.6) is 0 Å². The molecule has 0 bridgehead atoms. The topological polar surface area (TPSA) is 69.7 Å². The molecule has 1 aromatic carbocycles. The van der Waals surface area contributed by atoms with E-state index in [9.17, 15) is 30.8 Å². The Bertz CT molecular complexity index is 777. The number of nitrogens with zero attached hydrogens (tertiary/aromatic N) is 2. The van der Waals surface area contributed by atoms with E-state index in [1.54, 1.807) is 0 Å². The third-order valence-corrected chi connectivity index (χ3v) is 6.65. The van der Waals surface area contributed by atoms with Crippen molar-refractivity contribution < 1.29 is 30.8 Å². The van der Waals surface area contributed by atoms with Crippen LogP contribution < -0.4 is 5.32 Å². The van der Waals surface area contributed by atoms with Gasteiger partial charge in [0.05, 0.1) is 11.4 Å². The number of halogens is 4. The highest BCUT2D eigenvalue weighted by Gasteiger charge is 2.32. The van der Waals surface area contributed by atoms with Gasteiger partial charge >= 0.3 is 6.18 Å². The summed E-state index contributed by atoms with van der Waals surface area (Å²) < 4.78 is 76.2. The van der Waals surface area contributed by atoms with E-state index in [-0.39, 0.29) is 42.9 Å². The Morgan fingerprint density at radius 2 is 1.79 bits per heavy atom. The van der Waals surface area contributed by atoms with Gasteiger partial charge in [-0.25, -0.2) is 12.8 Å². The minimum absolute atomic E-state index is 0.00442. The van der Waals surface area contributed by atoms with E-state index in [2.05, 4.69) is 5.32 Å². The number of hydrogen-bond donors (Lipinski definition) is 1. The highest BCUT2D eigenvalue weighted by atomic mass is 32.2. The van der Waals surface area contributed by atoms with Crippen LogP contribution >= 0.6 is 0 Å². The summed E-state index contributed by atoms with van der Waals surface area (Å²) in [5, 5.41) is 2.71. The molecule has 164 valence electrons. The molecule has 1 saturated heterocycles. The summed E-state index contributed by atoms with van der Waals surface area (Å²) in [4.78, 5) is 13.4. The zero-order valence-corrected chi connectivity index (χ0v) is 16.9. The number of rotatable bonds is 8. The molecule has 0 radical (unpaired) electrons. The molecule has 1 aliphatic heterocycles. The molecule has 0 aromatic heterocycles. The van der Waals surface area contributed by atoms with Crippen LogP contribution in [-0.2, 0) is 14.8 Å². The zero-order valence-electron chi connectivity index (χ0n) is 16.1. The first-order valence-corrected chi connectivity index (χ1v) is 10.7. The Kier molecular flexibility index (Phi) is 8.01. The van der Waals surface area contributed by atoms with Gasteiger partial charge in [-0.2, -0.15) is 17.5 Å². The zero-order chi connectivity index (χ0) is 21.7. The molecular weight excluding hydrogens is 414 g/mol. The fraction of sp³-hybridized carbons (Fsp3) is 0.611. The summed E-state index contributed by atoms with van der Waals surface area (Å²) in [7, 11) is -2.37. The van der Waals surface area contributed by atoms with Crippen molar-refractivity contribution in [3.63, 3.8) is 0 Å². The molecule has 0 atom stereocenters. The third kappa shape index (κ3) is 7.23. The quantitative estimate of drug-likeness (QED) is 0.498. The maximum Gasteiger partial charge on any atom is 0.401 e. The monoisotopic (exact) mass is 439 g/mol. The lowest BCUT2D eigenvalue weighted by atomic mass is 9.97. The Hall–Kier alpha value is -1.72. The van der Waals surface area contributed by atoms with Crippen molar-refractivity contribution in [2.45, 2.75) is 30.3 Å². The largest absolute Gasteiger partial charge is 0.401 e. The minimum atomic E-state index is -4.25. The van der Waals surface area contributed by atoms with Crippen LogP contribution in [0.3, 0.4) is 0 Å². The number of hydrogen-bond acceptors (Lipinski definition) is 4. The molecular formula is C18H25F4N3O3S. The first kappa shape index (κ1) is 23.6. The SMILES string of the molecule is CN(CCCNC(=O)C1CCN(S(=O)(=O)c2ccc(F)cc2)CC1)CC(F)(F)F. The van der Waals surface area contributed by atoms with Gasteiger partial charge in [0.1, 0.15) is 5.82 Å². The van der Waals surface area contributed by atoms with Gasteiger partial charge in [-0.3, -0.25) is 9.69 Å². The van der Waals surface area contributed by atoms with E-state index in [0.717, 1.165) is 17.0 Å². The number of sulfonamides is 1. The lowest BCUT2D eigenvalue weighted by Gasteiger charge is -2.30. The number of amides is 1. The third-order valence-electron chi connectivity index (χ3n) is 4.74. The van der Waals surface area contributed by atoms with Gasteiger partial charge in [0.15, 0.2) is 0 Å². The lowest BCUT2D eigenvalue weighted by Crippen LogP contribution is -2.43. The van der Waals surface area contributed by atoms with Crippen molar-refractivity contribution in [3.05, 3.63) is 30.1 Å². The molecule has 0 saturated carbocycles. The molecule has 29 heavy (non-hydrogen) atoms. The Labute approximate surface area is 167 Å². The molecule has 1 fully saturated rings.